The highest BCUT2D eigenvalue weighted by Gasteiger charge is 2.37. The maximum absolute atomic E-state index is 13.2. The van der Waals surface area contributed by atoms with Gasteiger partial charge in [-0.25, -0.2) is 23.5 Å². The average molecular weight is 579 g/mol. The van der Waals surface area contributed by atoms with Gasteiger partial charge in [-0.05, 0) is 25.1 Å². The molecule has 17 heteroatoms. The summed E-state index contributed by atoms with van der Waals surface area (Å²) in [6.07, 6.45) is -6.50. The van der Waals surface area contributed by atoms with Crippen molar-refractivity contribution in [2.45, 2.75) is 39.2 Å². The van der Waals surface area contributed by atoms with E-state index in [1.54, 1.807) is 4.31 Å². The molecule has 0 saturated heterocycles. The Balaban J connectivity index is 1.92. The van der Waals surface area contributed by atoms with Crippen LogP contribution in [0.2, 0.25) is 0 Å². The number of carbonyl (C=O) groups excluding carboxylic acids is 1. The highest BCUT2D eigenvalue weighted by Crippen LogP contribution is 2.36. The van der Waals surface area contributed by atoms with Crippen molar-refractivity contribution >= 4 is 21.6 Å². The monoisotopic (exact) mass is 578 g/mol. The fourth-order valence-electron chi connectivity index (χ4n) is 3.59. The second-order valence-corrected chi connectivity index (χ2v) is 10.4. The first-order valence-corrected chi connectivity index (χ1v) is 13.2. The SMILES string of the molecule is CCN(CC)S(C)(=O)=Nc1cc(-n2ncnc2[C@H](C)NC(=O)c2cc(C(F)(F)F)cc(C(F)(F)F)c2)ncn1. The number of halogens is 6. The predicted molar refractivity (Wildman–Crippen MR) is 128 cm³/mol. The number of aromatic nitrogens is 5. The van der Waals surface area contributed by atoms with E-state index in [1.807, 2.05) is 13.8 Å². The minimum absolute atomic E-state index is 0.0528. The summed E-state index contributed by atoms with van der Waals surface area (Å²) in [6, 6.07) is 0.924. The molecule has 0 fully saturated rings. The minimum atomic E-state index is -5.11. The van der Waals surface area contributed by atoms with E-state index in [0.29, 0.717) is 25.2 Å². The summed E-state index contributed by atoms with van der Waals surface area (Å²) in [5, 5.41) is 6.36. The Labute approximate surface area is 219 Å². The van der Waals surface area contributed by atoms with E-state index in [-0.39, 0.29) is 23.5 Å². The molecule has 3 rings (SSSR count). The van der Waals surface area contributed by atoms with Crippen LogP contribution in [0.15, 0.2) is 41.3 Å². The molecular weight excluding hydrogens is 554 g/mol. The summed E-state index contributed by atoms with van der Waals surface area (Å²) in [5.41, 5.74) is -4.08. The van der Waals surface area contributed by atoms with Gasteiger partial charge in [0.2, 0.25) is 0 Å². The lowest BCUT2D eigenvalue weighted by atomic mass is 10.0. The van der Waals surface area contributed by atoms with Crippen molar-refractivity contribution in [1.82, 2.24) is 34.4 Å². The van der Waals surface area contributed by atoms with Crippen molar-refractivity contribution in [2.75, 3.05) is 19.3 Å². The molecule has 39 heavy (non-hydrogen) atoms. The highest BCUT2D eigenvalue weighted by molar-refractivity contribution is 7.90. The number of hydrogen-bond acceptors (Lipinski definition) is 7. The lowest BCUT2D eigenvalue weighted by Crippen LogP contribution is -2.29. The van der Waals surface area contributed by atoms with Gasteiger partial charge in [0.25, 0.3) is 5.91 Å². The van der Waals surface area contributed by atoms with Crippen LogP contribution in [0.4, 0.5) is 32.2 Å². The van der Waals surface area contributed by atoms with Crippen LogP contribution in [0.25, 0.3) is 5.82 Å². The van der Waals surface area contributed by atoms with Crippen LogP contribution in [0.5, 0.6) is 0 Å². The first kappa shape index (κ1) is 29.9. The van der Waals surface area contributed by atoms with E-state index in [4.69, 9.17) is 0 Å². The van der Waals surface area contributed by atoms with Crippen molar-refractivity contribution < 1.29 is 35.3 Å². The van der Waals surface area contributed by atoms with Gasteiger partial charge < -0.3 is 5.32 Å². The molecule has 0 aliphatic heterocycles. The third kappa shape index (κ3) is 7.08. The van der Waals surface area contributed by atoms with Crippen LogP contribution < -0.4 is 5.32 Å². The third-order valence-corrected chi connectivity index (χ3v) is 7.46. The Morgan fingerprint density at radius 1 is 1.00 bits per heavy atom. The molecule has 0 saturated carbocycles. The van der Waals surface area contributed by atoms with Crippen molar-refractivity contribution in [3.8, 4) is 5.82 Å². The standard InChI is InChI=1S/C22H24F6N8O2S/c1-5-35(6-2)39(4,38)34-17-10-18(30-11-29-17)36-19(31-12-32-36)13(3)33-20(37)14-7-15(21(23,24)25)9-16(8-14)22(26,27)28/h7-13H,5-6H2,1-4H3,(H,33,37)/t13-,39?/m0/s1. The minimum Gasteiger partial charge on any atom is -0.342 e. The van der Waals surface area contributed by atoms with Crippen molar-refractivity contribution in [3.05, 3.63) is 59.4 Å². The summed E-state index contributed by atoms with van der Waals surface area (Å²) < 4.78 is 99.1. The van der Waals surface area contributed by atoms with E-state index in [9.17, 15) is 35.3 Å². The Morgan fingerprint density at radius 2 is 1.59 bits per heavy atom. The molecule has 3 aromatic rings. The number of rotatable bonds is 8. The smallest absolute Gasteiger partial charge is 0.342 e. The third-order valence-electron chi connectivity index (χ3n) is 5.46. The molecule has 1 amide bonds. The van der Waals surface area contributed by atoms with Crippen LogP contribution in [-0.2, 0) is 22.3 Å². The largest absolute Gasteiger partial charge is 0.416 e. The van der Waals surface area contributed by atoms with Crippen LogP contribution in [0, 0.1) is 0 Å². The zero-order valence-corrected chi connectivity index (χ0v) is 21.9. The van der Waals surface area contributed by atoms with Crippen LogP contribution in [0.3, 0.4) is 0 Å². The van der Waals surface area contributed by atoms with Gasteiger partial charge in [-0.2, -0.15) is 40.5 Å². The van der Waals surface area contributed by atoms with Gasteiger partial charge in [0.1, 0.15) is 22.6 Å². The van der Waals surface area contributed by atoms with E-state index in [1.165, 1.54) is 23.9 Å². The first-order chi connectivity index (χ1) is 18.1. The van der Waals surface area contributed by atoms with Gasteiger partial charge in [0.15, 0.2) is 17.5 Å². The number of nitrogens with zero attached hydrogens (tertiary/aromatic N) is 7. The predicted octanol–water partition coefficient (Wildman–Crippen LogP) is 4.57. The number of carbonyl (C=O) groups is 1. The van der Waals surface area contributed by atoms with E-state index >= 15 is 0 Å². The lowest BCUT2D eigenvalue weighted by molar-refractivity contribution is -0.143. The van der Waals surface area contributed by atoms with Gasteiger partial charge in [-0.15, -0.1) is 0 Å². The average Bonchev–Trinajstić information content (AvgIpc) is 3.33. The van der Waals surface area contributed by atoms with Crippen LogP contribution in [0.1, 0.15) is 54.1 Å². The fraction of sp³-hybridized carbons (Fsp3) is 0.409. The zero-order valence-electron chi connectivity index (χ0n) is 21.1. The maximum atomic E-state index is 13.2. The van der Waals surface area contributed by atoms with E-state index in [0.717, 1.165) is 12.7 Å². The van der Waals surface area contributed by atoms with Crippen molar-refractivity contribution in [3.63, 3.8) is 0 Å². The quantitative estimate of drug-likeness (QED) is 0.391. The fourth-order valence-corrected chi connectivity index (χ4v) is 5.11. The number of hydrogen-bond donors (Lipinski definition) is 1. The molecule has 1 N–H and O–H groups in total. The van der Waals surface area contributed by atoms with Crippen molar-refractivity contribution in [2.24, 2.45) is 4.36 Å². The van der Waals surface area contributed by atoms with Gasteiger partial charge >= 0.3 is 12.4 Å². The van der Waals surface area contributed by atoms with Gasteiger partial charge in [-0.1, -0.05) is 13.8 Å². The number of benzene rings is 1. The second-order valence-electron chi connectivity index (χ2n) is 8.22. The molecule has 0 spiro atoms. The van der Waals surface area contributed by atoms with Gasteiger partial charge in [0.05, 0.1) is 17.2 Å². The van der Waals surface area contributed by atoms with Crippen LogP contribution in [-0.4, -0.2) is 58.5 Å². The number of nitrogens with one attached hydrogen (secondary N) is 1. The molecule has 0 aliphatic rings. The summed E-state index contributed by atoms with van der Waals surface area (Å²) in [6.45, 7) is 6.02. The molecule has 10 nitrogen and oxygen atoms in total. The molecule has 0 aliphatic carbocycles. The Morgan fingerprint density at radius 3 is 2.13 bits per heavy atom. The summed E-state index contributed by atoms with van der Waals surface area (Å²) >= 11 is 0. The lowest BCUT2D eigenvalue weighted by Gasteiger charge is -2.19. The molecular formula is C22H24F6N8O2S. The van der Waals surface area contributed by atoms with E-state index in [2.05, 4.69) is 29.7 Å². The molecule has 2 heterocycles. The molecule has 0 bridgehead atoms. The Bertz CT molecular complexity index is 1430. The summed E-state index contributed by atoms with van der Waals surface area (Å²) in [7, 11) is -2.81. The Hall–Kier alpha value is -3.60. The first-order valence-electron chi connectivity index (χ1n) is 11.4. The topological polar surface area (TPSA) is 118 Å². The summed E-state index contributed by atoms with van der Waals surface area (Å²) in [5.74, 6) is -0.958. The van der Waals surface area contributed by atoms with Crippen LogP contribution >= 0.6 is 0 Å². The molecule has 1 aromatic carbocycles. The summed E-state index contributed by atoms with van der Waals surface area (Å²) in [4.78, 5) is 24.8. The Kier molecular flexibility index (Phi) is 8.64. The van der Waals surface area contributed by atoms with Gasteiger partial charge in [0, 0.05) is 31.0 Å². The second kappa shape index (κ2) is 11.3. The maximum Gasteiger partial charge on any atom is 0.416 e. The molecule has 2 atom stereocenters. The normalized spacial score (nSPS) is 14.6. The molecule has 1 unspecified atom stereocenters. The molecule has 2 aromatic heterocycles. The van der Waals surface area contributed by atoms with Crippen molar-refractivity contribution in [1.29, 1.82) is 0 Å². The zero-order chi connectivity index (χ0) is 29.2. The highest BCUT2D eigenvalue weighted by atomic mass is 32.2. The molecule has 212 valence electrons. The number of alkyl halides is 6. The number of amides is 1. The molecule has 0 radical (unpaired) electrons. The van der Waals surface area contributed by atoms with E-state index < -0.39 is 50.9 Å². The van der Waals surface area contributed by atoms with Gasteiger partial charge in [-0.3, -0.25) is 4.79 Å².